The summed E-state index contributed by atoms with van der Waals surface area (Å²) in [6.07, 6.45) is 0.912. The molecular weight excluding hydrogens is 338 g/mol. The summed E-state index contributed by atoms with van der Waals surface area (Å²) < 4.78 is 53.2. The third-order valence-electron chi connectivity index (χ3n) is 3.97. The van der Waals surface area contributed by atoms with Crippen LogP contribution in [0.3, 0.4) is 0 Å². The maximum absolute atomic E-state index is 12.5. The molecule has 130 valence electrons. The topological polar surface area (TPSA) is 86.8 Å². The molecule has 0 unspecified atom stereocenters. The van der Waals surface area contributed by atoms with Crippen LogP contribution in [0.5, 0.6) is 0 Å². The van der Waals surface area contributed by atoms with Gasteiger partial charge in [0.05, 0.1) is 5.75 Å². The average molecular weight is 361 g/mol. The summed E-state index contributed by atoms with van der Waals surface area (Å²) in [4.78, 5) is 0. The number of nitrogens with zero attached hydrogens (tertiary/aromatic N) is 2. The van der Waals surface area contributed by atoms with E-state index in [0.29, 0.717) is 0 Å². The zero-order valence-electron chi connectivity index (χ0n) is 13.4. The average Bonchev–Trinajstić information content (AvgIpc) is 2.55. The predicted molar refractivity (Wildman–Crippen MR) is 89.6 cm³/mol. The van der Waals surface area contributed by atoms with Crippen LogP contribution in [0.2, 0.25) is 0 Å². The number of benzene rings is 1. The largest absolute Gasteiger partial charge is 0.279 e. The van der Waals surface area contributed by atoms with Crippen molar-refractivity contribution in [2.75, 3.05) is 33.2 Å². The molecule has 1 saturated heterocycles. The van der Waals surface area contributed by atoms with Crippen molar-refractivity contribution >= 4 is 20.2 Å². The summed E-state index contributed by atoms with van der Waals surface area (Å²) >= 11 is 0. The Hall–Kier alpha value is -1.00. The van der Waals surface area contributed by atoms with Crippen molar-refractivity contribution < 1.29 is 16.8 Å². The Labute approximate surface area is 138 Å². The van der Waals surface area contributed by atoms with Gasteiger partial charge in [-0.15, -0.1) is 0 Å². The Balaban J connectivity index is 2.01. The highest BCUT2D eigenvalue weighted by molar-refractivity contribution is 7.88. The third-order valence-corrected chi connectivity index (χ3v) is 7.38. The van der Waals surface area contributed by atoms with Crippen LogP contribution in [0.1, 0.15) is 18.1 Å². The van der Waals surface area contributed by atoms with Crippen LogP contribution in [0.25, 0.3) is 0 Å². The number of piperazine rings is 1. The standard InChI is InChI=1S/C14H23N3O4S2/c1-3-13-4-6-14(7-5-13)12-22(18,19)16-8-10-17(11-9-16)23(20,21)15-2/h4-7,15H,3,8-12H2,1-2H3. The second-order valence-electron chi connectivity index (χ2n) is 5.43. The Morgan fingerprint density at radius 1 is 0.913 bits per heavy atom. The first-order valence-corrected chi connectivity index (χ1v) is 10.6. The van der Waals surface area contributed by atoms with Gasteiger partial charge in [0, 0.05) is 33.2 Å². The molecule has 1 fully saturated rings. The van der Waals surface area contributed by atoms with Gasteiger partial charge >= 0.3 is 0 Å². The number of sulfonamides is 1. The fraction of sp³-hybridized carbons (Fsp3) is 0.571. The Morgan fingerprint density at radius 2 is 1.39 bits per heavy atom. The summed E-state index contributed by atoms with van der Waals surface area (Å²) in [6, 6.07) is 7.53. The van der Waals surface area contributed by atoms with Crippen molar-refractivity contribution in [3.05, 3.63) is 35.4 Å². The molecule has 0 radical (unpaired) electrons. The van der Waals surface area contributed by atoms with E-state index in [1.54, 1.807) is 0 Å². The molecule has 1 aromatic rings. The lowest BCUT2D eigenvalue weighted by atomic mass is 10.1. The highest BCUT2D eigenvalue weighted by atomic mass is 32.2. The molecule has 1 aromatic carbocycles. The van der Waals surface area contributed by atoms with Crippen molar-refractivity contribution in [1.82, 2.24) is 13.3 Å². The Morgan fingerprint density at radius 3 is 1.87 bits per heavy atom. The zero-order valence-corrected chi connectivity index (χ0v) is 15.0. The molecule has 0 amide bonds. The molecule has 9 heteroatoms. The van der Waals surface area contributed by atoms with Gasteiger partial charge in [-0.1, -0.05) is 31.2 Å². The van der Waals surface area contributed by atoms with E-state index in [1.165, 1.54) is 15.7 Å². The maximum Gasteiger partial charge on any atom is 0.279 e. The molecule has 2 rings (SSSR count). The van der Waals surface area contributed by atoms with Gasteiger partial charge in [0.2, 0.25) is 10.0 Å². The molecule has 1 heterocycles. The second-order valence-corrected chi connectivity index (χ2v) is 9.28. The quantitative estimate of drug-likeness (QED) is 0.782. The predicted octanol–water partition coefficient (Wildman–Crippen LogP) is 0.161. The van der Waals surface area contributed by atoms with Crippen LogP contribution in [0, 0.1) is 0 Å². The second kappa shape index (κ2) is 7.27. The molecule has 0 bridgehead atoms. The smallest absolute Gasteiger partial charge is 0.212 e. The molecule has 0 saturated carbocycles. The van der Waals surface area contributed by atoms with Crippen molar-refractivity contribution in [2.45, 2.75) is 19.1 Å². The van der Waals surface area contributed by atoms with Crippen LogP contribution in [0.15, 0.2) is 24.3 Å². The lowest BCUT2D eigenvalue weighted by molar-refractivity contribution is 0.271. The van der Waals surface area contributed by atoms with E-state index in [0.717, 1.165) is 17.5 Å². The molecule has 23 heavy (non-hydrogen) atoms. The first-order valence-electron chi connectivity index (χ1n) is 7.53. The molecule has 1 N–H and O–H groups in total. The van der Waals surface area contributed by atoms with Gasteiger partial charge < -0.3 is 0 Å². The van der Waals surface area contributed by atoms with Crippen molar-refractivity contribution in [2.24, 2.45) is 0 Å². The number of nitrogens with one attached hydrogen (secondary N) is 1. The van der Waals surface area contributed by atoms with Gasteiger partial charge in [0.25, 0.3) is 10.2 Å². The van der Waals surface area contributed by atoms with Gasteiger partial charge in [0.15, 0.2) is 0 Å². The Bertz CT molecular complexity index is 722. The van der Waals surface area contributed by atoms with Crippen LogP contribution in [0.4, 0.5) is 0 Å². The van der Waals surface area contributed by atoms with Crippen LogP contribution < -0.4 is 4.72 Å². The van der Waals surface area contributed by atoms with E-state index >= 15 is 0 Å². The zero-order chi connectivity index (χ0) is 17.1. The van der Waals surface area contributed by atoms with Crippen LogP contribution in [-0.2, 0) is 32.4 Å². The van der Waals surface area contributed by atoms with E-state index in [1.807, 2.05) is 31.2 Å². The molecular formula is C14H23N3O4S2. The Kier molecular flexibility index (Phi) is 5.79. The lowest BCUT2D eigenvalue weighted by Crippen LogP contribution is -2.52. The molecule has 1 aliphatic heterocycles. The van der Waals surface area contributed by atoms with Gasteiger partial charge in [-0.25, -0.2) is 13.1 Å². The third kappa shape index (κ3) is 4.51. The van der Waals surface area contributed by atoms with E-state index in [4.69, 9.17) is 0 Å². The van der Waals surface area contributed by atoms with Gasteiger partial charge in [-0.3, -0.25) is 0 Å². The van der Waals surface area contributed by atoms with Crippen molar-refractivity contribution in [1.29, 1.82) is 0 Å². The molecule has 0 aromatic heterocycles. The number of hydrogen-bond acceptors (Lipinski definition) is 4. The minimum absolute atomic E-state index is 0.0597. The van der Waals surface area contributed by atoms with Crippen molar-refractivity contribution in [3.63, 3.8) is 0 Å². The molecule has 1 aliphatic rings. The summed E-state index contributed by atoms with van der Waals surface area (Å²) in [5.41, 5.74) is 1.91. The van der Waals surface area contributed by atoms with Crippen LogP contribution in [-0.4, -0.2) is 58.7 Å². The molecule has 0 aliphatic carbocycles. The van der Waals surface area contributed by atoms with Crippen LogP contribution >= 0.6 is 0 Å². The fourth-order valence-electron chi connectivity index (χ4n) is 2.49. The lowest BCUT2D eigenvalue weighted by Gasteiger charge is -2.32. The minimum Gasteiger partial charge on any atom is -0.212 e. The monoisotopic (exact) mass is 361 g/mol. The van der Waals surface area contributed by atoms with Gasteiger partial charge in [-0.2, -0.15) is 17.0 Å². The summed E-state index contributed by atoms with van der Waals surface area (Å²) in [6.45, 7) is 2.73. The summed E-state index contributed by atoms with van der Waals surface area (Å²) in [5, 5.41) is 0. The van der Waals surface area contributed by atoms with E-state index in [9.17, 15) is 16.8 Å². The van der Waals surface area contributed by atoms with Gasteiger partial charge in [-0.05, 0) is 17.5 Å². The van der Waals surface area contributed by atoms with E-state index in [-0.39, 0.29) is 31.9 Å². The first kappa shape index (κ1) is 18.3. The molecule has 0 atom stereocenters. The normalized spacial score (nSPS) is 18.2. The van der Waals surface area contributed by atoms with Crippen molar-refractivity contribution in [3.8, 4) is 0 Å². The number of rotatable bonds is 6. The summed E-state index contributed by atoms with van der Waals surface area (Å²) in [5.74, 6) is -0.0597. The van der Waals surface area contributed by atoms with E-state index in [2.05, 4.69) is 4.72 Å². The molecule has 0 spiro atoms. The summed E-state index contributed by atoms with van der Waals surface area (Å²) in [7, 11) is -5.59. The molecule has 7 nitrogen and oxygen atoms in total. The highest BCUT2D eigenvalue weighted by Crippen LogP contribution is 2.15. The minimum atomic E-state index is -3.49. The van der Waals surface area contributed by atoms with Gasteiger partial charge in [0.1, 0.15) is 0 Å². The maximum atomic E-state index is 12.5. The number of aryl methyl sites for hydroxylation is 1. The number of hydrogen-bond donors (Lipinski definition) is 1. The highest BCUT2D eigenvalue weighted by Gasteiger charge is 2.31. The SMILES string of the molecule is CCc1ccc(CS(=O)(=O)N2CCN(S(=O)(=O)NC)CC2)cc1. The first-order chi connectivity index (χ1) is 10.8. The van der Waals surface area contributed by atoms with E-state index < -0.39 is 20.2 Å². The fourth-order valence-corrected chi connectivity index (χ4v) is 4.91.